The number of rotatable bonds is 6. The van der Waals surface area contributed by atoms with Crippen molar-refractivity contribution in [2.45, 2.75) is 0 Å². The van der Waals surface area contributed by atoms with Crippen molar-refractivity contribution in [1.82, 2.24) is 19.5 Å². The Bertz CT molecular complexity index is 4570. The quantitative estimate of drug-likeness (QED) is 0.156. The first-order valence-electron chi connectivity index (χ1n) is 24.9. The predicted octanol–water partition coefficient (Wildman–Crippen LogP) is 18.2. The summed E-state index contributed by atoms with van der Waals surface area (Å²) in [5.41, 5.74) is 13.6. The minimum absolute atomic E-state index is 0.680. The fourth-order valence-electron chi connectivity index (χ4n) is 11.6. The molecule has 0 bridgehead atoms. The standard InChI is InChI=1S/C69H42N4/c1-2-18-49(19-3-1)73-64-29-15-13-27-57(64)67-65(73)39-38-58-66(67)56-26-12-14-28-61(56)70-68(58)45-34-30-43(31-35-45)44-32-36-46(37-33-44)69-71-62(59-40-47-16-4-6-20-50(47)52-22-8-10-24-54(52)59)42-63(72-69)60-41-48-17-5-7-21-51(48)53-23-9-11-25-55(53)60/h1-42H. The van der Waals surface area contributed by atoms with Crippen LogP contribution in [0.5, 0.6) is 0 Å². The first-order valence-corrected chi connectivity index (χ1v) is 24.9. The van der Waals surface area contributed by atoms with Gasteiger partial charge in [-0.2, -0.15) is 0 Å². The van der Waals surface area contributed by atoms with Crippen molar-refractivity contribution in [3.63, 3.8) is 0 Å². The van der Waals surface area contributed by atoms with Gasteiger partial charge in [-0.3, -0.25) is 0 Å². The fraction of sp³-hybridized carbons (Fsp3) is 0. The third-order valence-electron chi connectivity index (χ3n) is 15.0. The van der Waals surface area contributed by atoms with Gasteiger partial charge in [0, 0.05) is 54.9 Å². The third-order valence-corrected chi connectivity index (χ3v) is 15.0. The van der Waals surface area contributed by atoms with E-state index in [2.05, 4.69) is 259 Å². The Balaban J connectivity index is 0.852. The molecule has 4 nitrogen and oxygen atoms in total. The molecule has 3 heterocycles. The molecule has 3 aromatic heterocycles. The molecule has 0 saturated heterocycles. The van der Waals surface area contributed by atoms with E-state index in [1.165, 1.54) is 59.5 Å². The van der Waals surface area contributed by atoms with Crippen LogP contribution in [0, 0.1) is 0 Å². The largest absolute Gasteiger partial charge is 0.309 e. The highest BCUT2D eigenvalue weighted by molar-refractivity contribution is 6.29. The zero-order valence-electron chi connectivity index (χ0n) is 39.5. The molecule has 4 heteroatoms. The van der Waals surface area contributed by atoms with Crippen LogP contribution in [0.4, 0.5) is 0 Å². The van der Waals surface area contributed by atoms with Crippen molar-refractivity contribution >= 4 is 86.6 Å². The summed E-state index contributed by atoms with van der Waals surface area (Å²) in [6.45, 7) is 0. The zero-order valence-corrected chi connectivity index (χ0v) is 39.5. The Morgan fingerprint density at radius 3 is 1.37 bits per heavy atom. The predicted molar refractivity (Wildman–Crippen MR) is 306 cm³/mol. The average molecular weight is 927 g/mol. The van der Waals surface area contributed by atoms with Crippen molar-refractivity contribution in [3.8, 4) is 62.0 Å². The molecule has 15 rings (SSSR count). The van der Waals surface area contributed by atoms with Crippen molar-refractivity contribution < 1.29 is 0 Å². The summed E-state index contributed by atoms with van der Waals surface area (Å²) in [7, 11) is 0. The number of benzene rings is 12. The molecule has 0 fully saturated rings. The minimum atomic E-state index is 0.680. The Morgan fingerprint density at radius 2 is 0.753 bits per heavy atom. The van der Waals surface area contributed by atoms with Gasteiger partial charge >= 0.3 is 0 Å². The van der Waals surface area contributed by atoms with Crippen LogP contribution in [-0.2, 0) is 0 Å². The van der Waals surface area contributed by atoms with Crippen LogP contribution < -0.4 is 0 Å². The fourth-order valence-corrected chi connectivity index (χ4v) is 11.6. The summed E-state index contributed by atoms with van der Waals surface area (Å²) in [4.78, 5) is 16.2. The molecule has 12 aromatic carbocycles. The normalized spacial score (nSPS) is 11.8. The zero-order chi connectivity index (χ0) is 48.0. The highest BCUT2D eigenvalue weighted by Gasteiger charge is 2.21. The van der Waals surface area contributed by atoms with Crippen molar-refractivity contribution in [1.29, 1.82) is 0 Å². The molecule has 0 saturated carbocycles. The van der Waals surface area contributed by atoms with Gasteiger partial charge in [0.05, 0.1) is 33.6 Å². The Kier molecular flexibility index (Phi) is 9.23. The van der Waals surface area contributed by atoms with Crippen LogP contribution >= 0.6 is 0 Å². The van der Waals surface area contributed by atoms with E-state index < -0.39 is 0 Å². The number of nitrogens with zero attached hydrogens (tertiary/aromatic N) is 4. The molecular weight excluding hydrogens is 885 g/mol. The van der Waals surface area contributed by atoms with E-state index in [4.69, 9.17) is 15.0 Å². The number of hydrogen-bond acceptors (Lipinski definition) is 3. The molecule has 338 valence electrons. The molecule has 73 heavy (non-hydrogen) atoms. The summed E-state index contributed by atoms with van der Waals surface area (Å²) < 4.78 is 2.39. The van der Waals surface area contributed by atoms with E-state index in [9.17, 15) is 0 Å². The highest BCUT2D eigenvalue weighted by Crippen LogP contribution is 2.44. The van der Waals surface area contributed by atoms with Gasteiger partial charge in [-0.15, -0.1) is 0 Å². The van der Waals surface area contributed by atoms with Crippen LogP contribution in [-0.4, -0.2) is 19.5 Å². The number of para-hydroxylation sites is 3. The van der Waals surface area contributed by atoms with Crippen LogP contribution in [0.2, 0.25) is 0 Å². The van der Waals surface area contributed by atoms with Crippen LogP contribution in [0.25, 0.3) is 149 Å². The summed E-state index contributed by atoms with van der Waals surface area (Å²) in [5, 5.41) is 15.5. The summed E-state index contributed by atoms with van der Waals surface area (Å²) in [6, 6.07) is 91.5. The van der Waals surface area contributed by atoms with E-state index >= 15 is 0 Å². The SMILES string of the molecule is c1ccc(-n2c3ccccc3c3c4c(ccc32)c(-c2ccc(-c3ccc(-c5nc(-c6cc7ccccc7c7ccccc67)cc(-c6cc7ccccc7c7ccccc67)n5)cc3)cc2)nc2ccccc24)cc1. The van der Waals surface area contributed by atoms with Gasteiger partial charge in [-0.1, -0.05) is 206 Å². The second kappa shape index (κ2) is 16.4. The molecule has 0 atom stereocenters. The average Bonchev–Trinajstić information content (AvgIpc) is 3.83. The molecular formula is C69H42N4. The molecule has 0 N–H and O–H groups in total. The first kappa shape index (κ1) is 41.1. The maximum atomic E-state index is 5.43. The lowest BCUT2D eigenvalue weighted by atomic mass is 9.93. The van der Waals surface area contributed by atoms with Gasteiger partial charge in [0.15, 0.2) is 5.82 Å². The van der Waals surface area contributed by atoms with E-state index in [0.29, 0.717) is 5.82 Å². The van der Waals surface area contributed by atoms with E-state index in [1.54, 1.807) is 0 Å². The van der Waals surface area contributed by atoms with Gasteiger partial charge in [0.2, 0.25) is 0 Å². The number of pyridine rings is 1. The number of hydrogen-bond donors (Lipinski definition) is 0. The van der Waals surface area contributed by atoms with Crippen LogP contribution in [0.3, 0.4) is 0 Å². The van der Waals surface area contributed by atoms with E-state index in [0.717, 1.165) is 83.2 Å². The summed E-state index contributed by atoms with van der Waals surface area (Å²) in [6.07, 6.45) is 0. The second-order valence-electron chi connectivity index (χ2n) is 19.0. The highest BCUT2D eigenvalue weighted by atomic mass is 15.0. The van der Waals surface area contributed by atoms with Gasteiger partial charge in [0.1, 0.15) is 0 Å². The Labute approximate surface area is 420 Å². The van der Waals surface area contributed by atoms with Crippen LogP contribution in [0.1, 0.15) is 0 Å². The van der Waals surface area contributed by atoms with Gasteiger partial charge < -0.3 is 4.57 Å². The van der Waals surface area contributed by atoms with Crippen LogP contribution in [0.15, 0.2) is 255 Å². The third kappa shape index (κ3) is 6.58. The Hall–Kier alpha value is -9.77. The lowest BCUT2D eigenvalue weighted by molar-refractivity contribution is 1.18. The molecule has 0 aliphatic carbocycles. The van der Waals surface area contributed by atoms with Crippen molar-refractivity contribution in [2.75, 3.05) is 0 Å². The van der Waals surface area contributed by atoms with Crippen molar-refractivity contribution in [3.05, 3.63) is 255 Å². The van der Waals surface area contributed by atoms with Gasteiger partial charge in [-0.05, 0) is 103 Å². The Morgan fingerprint density at radius 1 is 0.274 bits per heavy atom. The number of aromatic nitrogens is 4. The maximum absolute atomic E-state index is 5.43. The minimum Gasteiger partial charge on any atom is -0.309 e. The molecule has 0 radical (unpaired) electrons. The van der Waals surface area contributed by atoms with Gasteiger partial charge in [0.25, 0.3) is 0 Å². The monoisotopic (exact) mass is 926 g/mol. The topological polar surface area (TPSA) is 43.6 Å². The second-order valence-corrected chi connectivity index (χ2v) is 19.0. The van der Waals surface area contributed by atoms with E-state index in [1.807, 2.05) is 0 Å². The molecule has 0 aliphatic rings. The van der Waals surface area contributed by atoms with Gasteiger partial charge in [-0.25, -0.2) is 15.0 Å². The van der Waals surface area contributed by atoms with Crippen molar-refractivity contribution in [2.24, 2.45) is 0 Å². The molecule has 0 unspecified atom stereocenters. The summed E-state index contributed by atoms with van der Waals surface area (Å²) >= 11 is 0. The lowest BCUT2D eigenvalue weighted by Gasteiger charge is -2.15. The summed E-state index contributed by atoms with van der Waals surface area (Å²) in [5.74, 6) is 0.680. The maximum Gasteiger partial charge on any atom is 0.160 e. The molecule has 0 aliphatic heterocycles. The first-order chi connectivity index (χ1) is 36.2. The molecule has 0 spiro atoms. The lowest BCUT2D eigenvalue weighted by Crippen LogP contribution is -1.97. The number of fused-ring (bicyclic) bond motifs is 13. The van der Waals surface area contributed by atoms with E-state index in [-0.39, 0.29) is 0 Å². The molecule has 0 amide bonds. The smallest absolute Gasteiger partial charge is 0.160 e. The molecule has 15 aromatic rings.